The molecule has 1 saturated carbocycles. The molecule has 1 aliphatic carbocycles. The number of nitrogens with zero attached hydrogens (tertiary/aromatic N) is 1. The van der Waals surface area contributed by atoms with E-state index in [0.717, 1.165) is 13.0 Å². The Kier molecular flexibility index (Phi) is 3.08. The van der Waals surface area contributed by atoms with Crippen molar-refractivity contribution in [1.82, 2.24) is 0 Å². The minimum atomic E-state index is 0.368. The molecule has 0 aromatic heterocycles. The van der Waals surface area contributed by atoms with E-state index in [1.807, 2.05) is 0 Å². The molecule has 0 radical (unpaired) electrons. The fourth-order valence-electron chi connectivity index (χ4n) is 2.50. The molecule has 2 rings (SSSR count). The monoisotopic (exact) mass is 193 g/mol. The van der Waals surface area contributed by atoms with Crippen molar-refractivity contribution in [2.45, 2.75) is 57.5 Å². The van der Waals surface area contributed by atoms with Gasteiger partial charge in [0.2, 0.25) is 0 Å². The molecule has 1 aliphatic heterocycles. The van der Waals surface area contributed by atoms with Gasteiger partial charge in [-0.15, -0.1) is 0 Å². The van der Waals surface area contributed by atoms with Gasteiger partial charge in [-0.25, -0.2) is 0 Å². The average molecular weight is 193 g/mol. The SMILES string of the molecule is N#CCCC1CCC2(CCCO1)CC2. The van der Waals surface area contributed by atoms with Gasteiger partial charge < -0.3 is 4.74 Å². The summed E-state index contributed by atoms with van der Waals surface area (Å²) in [7, 11) is 0. The van der Waals surface area contributed by atoms with Crippen molar-refractivity contribution in [2.24, 2.45) is 5.41 Å². The highest BCUT2D eigenvalue weighted by Crippen LogP contribution is 2.54. The summed E-state index contributed by atoms with van der Waals surface area (Å²) in [6.07, 6.45) is 9.96. The summed E-state index contributed by atoms with van der Waals surface area (Å²) < 4.78 is 5.75. The van der Waals surface area contributed by atoms with Gasteiger partial charge in [-0.1, -0.05) is 0 Å². The van der Waals surface area contributed by atoms with E-state index in [4.69, 9.17) is 10.00 Å². The van der Waals surface area contributed by atoms with Gasteiger partial charge in [-0.05, 0) is 50.4 Å². The molecule has 78 valence electrons. The van der Waals surface area contributed by atoms with E-state index in [-0.39, 0.29) is 0 Å². The lowest BCUT2D eigenvalue weighted by molar-refractivity contribution is 0.0205. The third-order valence-corrected chi connectivity index (χ3v) is 3.74. The first-order valence-electron chi connectivity index (χ1n) is 5.83. The Bertz CT molecular complexity index is 227. The standard InChI is InChI=1S/C12H19NO/c13-9-1-3-11-4-6-12(7-8-12)5-2-10-14-11/h11H,1-8,10H2. The van der Waals surface area contributed by atoms with Crippen LogP contribution < -0.4 is 0 Å². The molecule has 1 saturated heterocycles. The Morgan fingerprint density at radius 1 is 1.29 bits per heavy atom. The maximum absolute atomic E-state index is 8.53. The van der Waals surface area contributed by atoms with E-state index in [1.165, 1.54) is 38.5 Å². The van der Waals surface area contributed by atoms with Crippen molar-refractivity contribution in [3.8, 4) is 6.07 Å². The number of rotatable bonds is 2. The predicted octanol–water partition coefficient (Wildman–Crippen LogP) is 3.03. The van der Waals surface area contributed by atoms with Crippen LogP contribution in [0.2, 0.25) is 0 Å². The summed E-state index contributed by atoms with van der Waals surface area (Å²) in [6.45, 7) is 0.915. The molecule has 0 aromatic carbocycles. The summed E-state index contributed by atoms with van der Waals surface area (Å²) >= 11 is 0. The minimum Gasteiger partial charge on any atom is -0.378 e. The van der Waals surface area contributed by atoms with E-state index in [9.17, 15) is 0 Å². The second kappa shape index (κ2) is 4.31. The van der Waals surface area contributed by atoms with Gasteiger partial charge in [0.1, 0.15) is 0 Å². The third-order valence-electron chi connectivity index (χ3n) is 3.74. The number of hydrogen-bond acceptors (Lipinski definition) is 2. The second-order valence-corrected chi connectivity index (χ2v) is 4.83. The maximum atomic E-state index is 8.53. The second-order valence-electron chi connectivity index (χ2n) is 4.83. The average Bonchev–Trinajstić information content (AvgIpc) is 2.93. The summed E-state index contributed by atoms with van der Waals surface area (Å²) in [5.74, 6) is 0. The fourth-order valence-corrected chi connectivity index (χ4v) is 2.50. The van der Waals surface area contributed by atoms with Gasteiger partial charge >= 0.3 is 0 Å². The zero-order valence-corrected chi connectivity index (χ0v) is 8.80. The maximum Gasteiger partial charge on any atom is 0.0622 e. The zero-order chi connectivity index (χ0) is 9.86. The van der Waals surface area contributed by atoms with Crippen molar-refractivity contribution in [2.75, 3.05) is 6.61 Å². The molecule has 0 aromatic rings. The summed E-state index contributed by atoms with van der Waals surface area (Å²) in [4.78, 5) is 0. The van der Waals surface area contributed by atoms with Crippen LogP contribution in [0.1, 0.15) is 51.4 Å². The largest absolute Gasteiger partial charge is 0.378 e. The van der Waals surface area contributed by atoms with Crippen molar-refractivity contribution in [1.29, 1.82) is 5.26 Å². The zero-order valence-electron chi connectivity index (χ0n) is 8.80. The lowest BCUT2D eigenvalue weighted by Crippen LogP contribution is -2.19. The van der Waals surface area contributed by atoms with Gasteiger partial charge in [-0.2, -0.15) is 5.26 Å². The molecule has 2 heteroatoms. The van der Waals surface area contributed by atoms with Crippen molar-refractivity contribution >= 4 is 0 Å². The molecule has 0 amide bonds. The highest BCUT2D eigenvalue weighted by atomic mass is 16.5. The van der Waals surface area contributed by atoms with Crippen LogP contribution in [-0.2, 0) is 4.74 Å². The number of ether oxygens (including phenoxy) is 1. The van der Waals surface area contributed by atoms with Crippen LogP contribution in [0.25, 0.3) is 0 Å². The van der Waals surface area contributed by atoms with E-state index < -0.39 is 0 Å². The molecule has 2 nitrogen and oxygen atoms in total. The van der Waals surface area contributed by atoms with Crippen LogP contribution >= 0.6 is 0 Å². The van der Waals surface area contributed by atoms with Gasteiger partial charge in [-0.3, -0.25) is 0 Å². The van der Waals surface area contributed by atoms with Crippen LogP contribution in [0.15, 0.2) is 0 Å². The van der Waals surface area contributed by atoms with Gasteiger partial charge in [0.25, 0.3) is 0 Å². The first-order chi connectivity index (χ1) is 6.85. The molecule has 0 bridgehead atoms. The molecule has 1 heterocycles. The Balaban J connectivity index is 1.78. The number of nitriles is 1. The van der Waals surface area contributed by atoms with Crippen LogP contribution in [0.4, 0.5) is 0 Å². The van der Waals surface area contributed by atoms with E-state index in [2.05, 4.69) is 6.07 Å². The summed E-state index contributed by atoms with van der Waals surface area (Å²) in [6, 6.07) is 2.21. The Morgan fingerprint density at radius 2 is 2.14 bits per heavy atom. The van der Waals surface area contributed by atoms with E-state index in [1.54, 1.807) is 0 Å². The third kappa shape index (κ3) is 2.48. The van der Waals surface area contributed by atoms with E-state index >= 15 is 0 Å². The Morgan fingerprint density at radius 3 is 2.86 bits per heavy atom. The summed E-state index contributed by atoms with van der Waals surface area (Å²) in [5, 5.41) is 8.53. The topological polar surface area (TPSA) is 33.0 Å². The summed E-state index contributed by atoms with van der Waals surface area (Å²) in [5.41, 5.74) is 0.717. The Labute approximate surface area is 86.2 Å². The quantitative estimate of drug-likeness (QED) is 0.675. The molecular formula is C12H19NO. The smallest absolute Gasteiger partial charge is 0.0622 e. The first-order valence-corrected chi connectivity index (χ1v) is 5.83. The predicted molar refractivity (Wildman–Crippen MR) is 54.7 cm³/mol. The highest BCUT2D eigenvalue weighted by Gasteiger charge is 2.42. The molecule has 1 spiro atoms. The van der Waals surface area contributed by atoms with Crippen molar-refractivity contribution in [3.05, 3.63) is 0 Å². The van der Waals surface area contributed by atoms with Gasteiger partial charge in [0.05, 0.1) is 12.2 Å². The molecule has 2 aliphatic rings. The molecule has 0 N–H and O–H groups in total. The molecule has 1 unspecified atom stereocenters. The Hall–Kier alpha value is -0.550. The van der Waals surface area contributed by atoms with Crippen LogP contribution in [0.5, 0.6) is 0 Å². The molecule has 14 heavy (non-hydrogen) atoms. The highest BCUT2D eigenvalue weighted by molar-refractivity contribution is 4.94. The normalized spacial score (nSPS) is 30.4. The van der Waals surface area contributed by atoms with Gasteiger partial charge in [0.15, 0.2) is 0 Å². The molecular weight excluding hydrogens is 174 g/mol. The van der Waals surface area contributed by atoms with Crippen LogP contribution in [0, 0.1) is 16.7 Å². The van der Waals surface area contributed by atoms with Crippen molar-refractivity contribution in [3.63, 3.8) is 0 Å². The van der Waals surface area contributed by atoms with Gasteiger partial charge in [0, 0.05) is 13.0 Å². The lowest BCUT2D eigenvalue weighted by Gasteiger charge is -2.24. The fraction of sp³-hybridized carbons (Fsp3) is 0.917. The number of hydrogen-bond donors (Lipinski definition) is 0. The van der Waals surface area contributed by atoms with Crippen LogP contribution in [0.3, 0.4) is 0 Å². The van der Waals surface area contributed by atoms with Crippen LogP contribution in [-0.4, -0.2) is 12.7 Å². The lowest BCUT2D eigenvalue weighted by atomic mass is 9.91. The van der Waals surface area contributed by atoms with Crippen molar-refractivity contribution < 1.29 is 4.74 Å². The molecule has 2 fully saturated rings. The minimum absolute atomic E-state index is 0.368. The van der Waals surface area contributed by atoms with E-state index in [0.29, 0.717) is 17.9 Å². The first kappa shape index (κ1) is 9.98. The molecule has 1 atom stereocenters.